The second-order valence-electron chi connectivity index (χ2n) is 24.4. The van der Waals surface area contributed by atoms with Crippen LogP contribution in [0.3, 0.4) is 0 Å². The number of carbonyl (C=O) groups is 3. The molecule has 0 aromatic rings. The van der Waals surface area contributed by atoms with Crippen molar-refractivity contribution in [2.75, 3.05) is 47.5 Å². The van der Waals surface area contributed by atoms with Crippen molar-refractivity contribution in [1.82, 2.24) is 0 Å². The van der Waals surface area contributed by atoms with Gasteiger partial charge in [-0.2, -0.15) is 0 Å². The number of esters is 2. The molecule has 2 atom stereocenters. The van der Waals surface area contributed by atoms with Crippen molar-refractivity contribution >= 4 is 17.9 Å². The van der Waals surface area contributed by atoms with Gasteiger partial charge in [0.1, 0.15) is 13.2 Å². The SMILES string of the molecule is CC/C=C\C/C=C\C/C=C\C/C=C\C/C=C\C/C=C\C/C=C\C/C=C\CCCCCCCCCCCCCCC(=O)OC(COC(=O)CCCCCCCCCCCCC/C=C\C/C=C\C/C=C\C/C=C\C/C=C\CC)COC(OCC[N+](C)(C)C)C(=O)[O-]. The number of carbonyl (C=O) groups excluding carboxylic acids is 3. The molecule has 504 valence electrons. The van der Waals surface area contributed by atoms with Crippen LogP contribution in [0.1, 0.15) is 271 Å². The molecule has 0 spiro atoms. The van der Waals surface area contributed by atoms with E-state index < -0.39 is 24.3 Å². The standard InChI is InChI=1S/C80H131NO8/c1-6-8-10-12-14-16-18-20-22-24-26-28-30-32-34-35-36-37-38-39-40-41-42-43-45-47-49-51-53-55-57-59-61-63-65-67-69-71-78(83)89-76(75-88-80(79(84)85)86-73-72-81(3,4)5)74-87-77(82)70-68-66-64-62-60-58-56-54-52-50-48-46-44-33-31-29-27-25-23-21-19-17-15-13-11-9-7-2/h8-11,14-17,20-23,26-29,32-34,36-37,39-40,42-44,76,80H,6-7,12-13,18-19,24-25,30-31,35,38,41,45-75H2,1-5H3/b10-8-,11-9-,16-14-,17-15-,22-20-,23-21-,28-26-,29-27-,34-32-,37-36-,40-39-,43-42-,44-33-. The highest BCUT2D eigenvalue weighted by Crippen LogP contribution is 2.16. The minimum Gasteiger partial charge on any atom is -0.545 e. The van der Waals surface area contributed by atoms with Gasteiger partial charge in [-0.15, -0.1) is 0 Å². The summed E-state index contributed by atoms with van der Waals surface area (Å²) in [6.07, 6.45) is 98.9. The van der Waals surface area contributed by atoms with Gasteiger partial charge in [0.2, 0.25) is 0 Å². The summed E-state index contributed by atoms with van der Waals surface area (Å²) in [5.41, 5.74) is 0. The molecule has 0 amide bonds. The van der Waals surface area contributed by atoms with Crippen LogP contribution in [0.2, 0.25) is 0 Å². The zero-order valence-corrected chi connectivity index (χ0v) is 57.5. The molecule has 0 bridgehead atoms. The summed E-state index contributed by atoms with van der Waals surface area (Å²) in [5.74, 6) is -2.30. The molecule has 89 heavy (non-hydrogen) atoms. The predicted molar refractivity (Wildman–Crippen MR) is 379 cm³/mol. The van der Waals surface area contributed by atoms with E-state index >= 15 is 0 Å². The Kier molecular flexibility index (Phi) is 64.9. The molecule has 0 aliphatic heterocycles. The maximum absolute atomic E-state index is 12.9. The van der Waals surface area contributed by atoms with Gasteiger partial charge in [0.25, 0.3) is 0 Å². The lowest BCUT2D eigenvalue weighted by Crippen LogP contribution is -2.44. The van der Waals surface area contributed by atoms with Crippen LogP contribution in [0.25, 0.3) is 0 Å². The maximum Gasteiger partial charge on any atom is 0.306 e. The van der Waals surface area contributed by atoms with Gasteiger partial charge in [0.15, 0.2) is 12.4 Å². The first kappa shape index (κ1) is 83.9. The highest BCUT2D eigenvalue weighted by Gasteiger charge is 2.22. The van der Waals surface area contributed by atoms with Crippen LogP contribution < -0.4 is 5.11 Å². The van der Waals surface area contributed by atoms with Gasteiger partial charge in [-0.3, -0.25) is 9.59 Å². The molecule has 0 N–H and O–H groups in total. The topological polar surface area (TPSA) is 111 Å². The van der Waals surface area contributed by atoms with Crippen molar-refractivity contribution in [3.63, 3.8) is 0 Å². The molecule has 0 heterocycles. The molecule has 2 unspecified atom stereocenters. The van der Waals surface area contributed by atoms with Crippen molar-refractivity contribution in [1.29, 1.82) is 0 Å². The fourth-order valence-corrected chi connectivity index (χ4v) is 9.40. The summed E-state index contributed by atoms with van der Waals surface area (Å²) >= 11 is 0. The lowest BCUT2D eigenvalue weighted by Gasteiger charge is -2.26. The quantitative estimate of drug-likeness (QED) is 0.0195. The zero-order chi connectivity index (χ0) is 64.7. The van der Waals surface area contributed by atoms with Crippen LogP contribution in [0.15, 0.2) is 158 Å². The van der Waals surface area contributed by atoms with Crippen molar-refractivity contribution in [2.24, 2.45) is 0 Å². The van der Waals surface area contributed by atoms with Crippen molar-refractivity contribution in [3.05, 3.63) is 158 Å². The first-order valence-corrected chi connectivity index (χ1v) is 35.6. The largest absolute Gasteiger partial charge is 0.545 e. The number of allylic oxidation sites excluding steroid dienone is 26. The number of aliphatic carboxylic acids is 1. The predicted octanol–water partition coefficient (Wildman–Crippen LogP) is 21.1. The van der Waals surface area contributed by atoms with Gasteiger partial charge in [-0.1, -0.05) is 294 Å². The Balaban J connectivity index is 4.15. The summed E-state index contributed by atoms with van der Waals surface area (Å²) < 4.78 is 22.8. The van der Waals surface area contributed by atoms with E-state index in [1.165, 1.54) is 96.3 Å². The second kappa shape index (κ2) is 68.8. The van der Waals surface area contributed by atoms with Crippen LogP contribution in [0.5, 0.6) is 0 Å². The Bertz CT molecular complexity index is 2020. The molecular formula is C80H131NO8. The Morgan fingerprint density at radius 1 is 0.337 bits per heavy atom. The van der Waals surface area contributed by atoms with Gasteiger partial charge in [0.05, 0.1) is 40.3 Å². The smallest absolute Gasteiger partial charge is 0.306 e. The van der Waals surface area contributed by atoms with Gasteiger partial charge < -0.3 is 33.3 Å². The molecule has 0 saturated carbocycles. The molecule has 0 aromatic carbocycles. The number of carboxylic acids is 1. The van der Waals surface area contributed by atoms with E-state index in [-0.39, 0.29) is 38.6 Å². The lowest BCUT2D eigenvalue weighted by molar-refractivity contribution is -0.870. The second-order valence-corrected chi connectivity index (χ2v) is 24.4. The first-order valence-electron chi connectivity index (χ1n) is 35.6. The highest BCUT2D eigenvalue weighted by atomic mass is 16.7. The average Bonchev–Trinajstić information content (AvgIpc) is 3.70. The molecule has 9 nitrogen and oxygen atoms in total. The molecule has 0 radical (unpaired) electrons. The van der Waals surface area contributed by atoms with Crippen molar-refractivity contribution < 1.29 is 42.9 Å². The number of quaternary nitrogens is 1. The van der Waals surface area contributed by atoms with Crippen LogP contribution >= 0.6 is 0 Å². The number of rotatable bonds is 64. The van der Waals surface area contributed by atoms with Crippen LogP contribution in [-0.4, -0.2) is 82.3 Å². The van der Waals surface area contributed by atoms with E-state index in [0.717, 1.165) is 141 Å². The molecule has 9 heteroatoms. The summed E-state index contributed by atoms with van der Waals surface area (Å²) in [7, 11) is 5.92. The van der Waals surface area contributed by atoms with Crippen LogP contribution in [0.4, 0.5) is 0 Å². The summed E-state index contributed by atoms with van der Waals surface area (Å²) in [4.78, 5) is 37.5. The number of hydrogen-bond acceptors (Lipinski definition) is 8. The third-order valence-corrected chi connectivity index (χ3v) is 14.8. The maximum atomic E-state index is 12.9. The Morgan fingerprint density at radius 2 is 0.607 bits per heavy atom. The molecule has 0 aliphatic rings. The number of unbranched alkanes of at least 4 members (excludes halogenated alkanes) is 23. The van der Waals surface area contributed by atoms with Gasteiger partial charge in [-0.05, 0) is 122 Å². The van der Waals surface area contributed by atoms with Crippen molar-refractivity contribution in [3.8, 4) is 0 Å². The molecule has 0 fully saturated rings. The minimum atomic E-state index is -1.63. The van der Waals surface area contributed by atoms with E-state index in [4.69, 9.17) is 18.9 Å². The summed E-state index contributed by atoms with van der Waals surface area (Å²) in [6.45, 7) is 4.51. The number of carboxylic acid groups (broad SMARTS) is 1. The molecule has 0 aromatic heterocycles. The fraction of sp³-hybridized carbons (Fsp3) is 0.637. The Labute approximate surface area is 546 Å². The fourth-order valence-electron chi connectivity index (χ4n) is 9.40. The third-order valence-electron chi connectivity index (χ3n) is 14.8. The Hall–Kier alpha value is -5.09. The van der Waals surface area contributed by atoms with Gasteiger partial charge in [-0.25, -0.2) is 0 Å². The molecule has 0 saturated heterocycles. The summed E-state index contributed by atoms with van der Waals surface area (Å²) in [6, 6.07) is 0. The highest BCUT2D eigenvalue weighted by molar-refractivity contribution is 5.70. The van der Waals surface area contributed by atoms with E-state index in [0.29, 0.717) is 17.4 Å². The van der Waals surface area contributed by atoms with E-state index in [1.807, 2.05) is 21.1 Å². The number of hydrogen-bond donors (Lipinski definition) is 0. The average molecular weight is 1230 g/mol. The monoisotopic (exact) mass is 1230 g/mol. The van der Waals surface area contributed by atoms with Crippen LogP contribution in [0, 0.1) is 0 Å². The normalized spacial score (nSPS) is 13.7. The zero-order valence-electron chi connectivity index (χ0n) is 57.5. The van der Waals surface area contributed by atoms with E-state index in [2.05, 4.69) is 172 Å². The number of ether oxygens (including phenoxy) is 4. The number of nitrogens with zero attached hydrogens (tertiary/aromatic N) is 1. The van der Waals surface area contributed by atoms with Crippen molar-refractivity contribution in [2.45, 2.75) is 283 Å². The van der Waals surface area contributed by atoms with Gasteiger partial charge in [0, 0.05) is 12.8 Å². The minimum absolute atomic E-state index is 0.140. The third kappa shape index (κ3) is 70.2. The molecule has 0 aliphatic carbocycles. The van der Waals surface area contributed by atoms with Gasteiger partial charge >= 0.3 is 11.9 Å². The van der Waals surface area contributed by atoms with Crippen LogP contribution in [-0.2, 0) is 33.3 Å². The molecular weight excluding hydrogens is 1100 g/mol. The molecule has 0 rings (SSSR count). The van der Waals surface area contributed by atoms with E-state index in [1.54, 1.807) is 0 Å². The first-order chi connectivity index (χ1) is 43.6. The van der Waals surface area contributed by atoms with E-state index in [9.17, 15) is 19.5 Å². The summed E-state index contributed by atoms with van der Waals surface area (Å²) in [5, 5.41) is 11.8. The number of likely N-dealkylation sites (N-methyl/N-ethyl adjacent to an activating group) is 1. The lowest BCUT2D eigenvalue weighted by atomic mass is 10.0. The Morgan fingerprint density at radius 3 is 0.899 bits per heavy atom.